The Morgan fingerprint density at radius 2 is 1.72 bits per heavy atom. The molecule has 3 aromatic rings. The van der Waals surface area contributed by atoms with Crippen LogP contribution in [0.5, 0.6) is 0 Å². The summed E-state index contributed by atoms with van der Waals surface area (Å²) in [6.07, 6.45) is 5.39. The first-order chi connectivity index (χ1) is 12.2. The van der Waals surface area contributed by atoms with Gasteiger partial charge < -0.3 is 4.98 Å². The molecule has 0 spiro atoms. The highest BCUT2D eigenvalue weighted by molar-refractivity contribution is 5.90. The van der Waals surface area contributed by atoms with Gasteiger partial charge in [0, 0.05) is 11.6 Å². The minimum Gasteiger partial charge on any atom is -0.354 e. The SMILES string of the molecule is C/C=c1/cc(-c2c(F)cccc2F)[nH]/c1=C/C=NCc1ccccc1. The Morgan fingerprint density at radius 3 is 2.40 bits per heavy atom. The van der Waals surface area contributed by atoms with Crippen molar-refractivity contribution in [2.75, 3.05) is 0 Å². The second kappa shape index (κ2) is 7.71. The molecule has 4 heteroatoms. The number of aliphatic imine (C=N–C) groups is 1. The van der Waals surface area contributed by atoms with Gasteiger partial charge in [0.2, 0.25) is 0 Å². The fourth-order valence-corrected chi connectivity index (χ4v) is 2.62. The van der Waals surface area contributed by atoms with Gasteiger partial charge in [-0.2, -0.15) is 0 Å². The van der Waals surface area contributed by atoms with E-state index in [9.17, 15) is 8.78 Å². The van der Waals surface area contributed by atoms with Crippen LogP contribution in [0.25, 0.3) is 23.4 Å². The summed E-state index contributed by atoms with van der Waals surface area (Å²) in [4.78, 5) is 7.44. The van der Waals surface area contributed by atoms with E-state index in [2.05, 4.69) is 9.98 Å². The van der Waals surface area contributed by atoms with Gasteiger partial charge >= 0.3 is 0 Å². The van der Waals surface area contributed by atoms with E-state index in [1.165, 1.54) is 18.2 Å². The van der Waals surface area contributed by atoms with Crippen LogP contribution in [0.4, 0.5) is 8.78 Å². The molecule has 0 saturated heterocycles. The van der Waals surface area contributed by atoms with Crippen molar-refractivity contribution >= 4 is 18.4 Å². The van der Waals surface area contributed by atoms with Crippen molar-refractivity contribution in [2.45, 2.75) is 13.5 Å². The Hall–Kier alpha value is -3.01. The zero-order chi connectivity index (χ0) is 17.6. The summed E-state index contributed by atoms with van der Waals surface area (Å²) >= 11 is 0. The monoisotopic (exact) mass is 336 g/mol. The summed E-state index contributed by atoms with van der Waals surface area (Å²) in [5.74, 6) is -1.18. The van der Waals surface area contributed by atoms with Crippen molar-refractivity contribution in [3.05, 3.63) is 82.4 Å². The maximum Gasteiger partial charge on any atom is 0.135 e. The molecular formula is C21H18F2N2. The van der Waals surface area contributed by atoms with Gasteiger partial charge in [-0.3, -0.25) is 4.99 Å². The molecule has 0 saturated carbocycles. The molecule has 2 nitrogen and oxygen atoms in total. The summed E-state index contributed by atoms with van der Waals surface area (Å²) in [6.45, 7) is 2.46. The maximum absolute atomic E-state index is 14.0. The van der Waals surface area contributed by atoms with Crippen LogP contribution in [0, 0.1) is 11.6 Å². The van der Waals surface area contributed by atoms with E-state index >= 15 is 0 Å². The molecule has 1 aromatic heterocycles. The quantitative estimate of drug-likeness (QED) is 0.702. The molecule has 0 bridgehead atoms. The first-order valence-electron chi connectivity index (χ1n) is 8.03. The molecule has 1 heterocycles. The van der Waals surface area contributed by atoms with Crippen molar-refractivity contribution in [1.29, 1.82) is 0 Å². The number of hydrogen-bond acceptors (Lipinski definition) is 1. The second-order valence-corrected chi connectivity index (χ2v) is 5.58. The average Bonchev–Trinajstić information content (AvgIpc) is 3.02. The smallest absolute Gasteiger partial charge is 0.135 e. The third kappa shape index (κ3) is 3.91. The van der Waals surface area contributed by atoms with Gasteiger partial charge in [0.15, 0.2) is 0 Å². The van der Waals surface area contributed by atoms with E-state index in [0.717, 1.165) is 16.1 Å². The summed E-state index contributed by atoms with van der Waals surface area (Å²) in [7, 11) is 0. The number of halogens is 2. The minimum atomic E-state index is -0.590. The second-order valence-electron chi connectivity index (χ2n) is 5.58. The Kier molecular flexibility index (Phi) is 5.19. The number of aromatic nitrogens is 1. The van der Waals surface area contributed by atoms with Crippen LogP contribution >= 0.6 is 0 Å². The Labute approximate surface area is 144 Å². The normalized spacial score (nSPS) is 13.1. The lowest BCUT2D eigenvalue weighted by Gasteiger charge is -2.01. The number of H-pyrrole nitrogens is 1. The summed E-state index contributed by atoms with van der Waals surface area (Å²) in [5.41, 5.74) is 1.48. The van der Waals surface area contributed by atoms with Crippen LogP contribution in [0.15, 0.2) is 59.6 Å². The van der Waals surface area contributed by atoms with Gasteiger partial charge in [0.1, 0.15) is 11.6 Å². The predicted molar refractivity (Wildman–Crippen MR) is 98.6 cm³/mol. The molecular weight excluding hydrogens is 318 g/mol. The van der Waals surface area contributed by atoms with Crippen LogP contribution in [-0.4, -0.2) is 11.2 Å². The van der Waals surface area contributed by atoms with Crippen LogP contribution in [0.2, 0.25) is 0 Å². The molecule has 3 rings (SSSR count). The van der Waals surface area contributed by atoms with Crippen molar-refractivity contribution in [1.82, 2.24) is 4.98 Å². The van der Waals surface area contributed by atoms with Gasteiger partial charge in [-0.05, 0) is 42.0 Å². The summed E-state index contributed by atoms with van der Waals surface area (Å²) in [5, 5.41) is 1.63. The lowest BCUT2D eigenvalue weighted by molar-refractivity contribution is 0.589. The molecule has 126 valence electrons. The number of benzene rings is 2. The summed E-state index contributed by atoms with van der Waals surface area (Å²) in [6, 6.07) is 15.5. The Balaban J connectivity index is 1.91. The van der Waals surface area contributed by atoms with Gasteiger partial charge in [-0.15, -0.1) is 0 Å². The molecule has 0 atom stereocenters. The minimum absolute atomic E-state index is 0.0496. The number of nitrogens with zero attached hydrogens (tertiary/aromatic N) is 1. The molecule has 0 aliphatic rings. The highest BCUT2D eigenvalue weighted by Crippen LogP contribution is 2.22. The standard InChI is InChI=1S/C21H18F2N2/c1-2-16-13-20(21-17(22)9-6-10-18(21)23)25-19(16)11-12-24-14-15-7-4-3-5-8-15/h2-13,25H,14H2,1H3/b16-2-,19-11+,24-12?. The molecule has 0 unspecified atom stereocenters. The van der Waals surface area contributed by atoms with Crippen molar-refractivity contribution in [3.63, 3.8) is 0 Å². The molecule has 0 fully saturated rings. The Morgan fingerprint density at radius 1 is 1.00 bits per heavy atom. The fourth-order valence-electron chi connectivity index (χ4n) is 2.62. The van der Waals surface area contributed by atoms with Gasteiger partial charge in [-0.25, -0.2) is 8.78 Å². The number of hydrogen-bond donors (Lipinski definition) is 1. The van der Waals surface area contributed by atoms with Crippen molar-refractivity contribution in [3.8, 4) is 11.3 Å². The topological polar surface area (TPSA) is 28.1 Å². The largest absolute Gasteiger partial charge is 0.354 e. The van der Waals surface area contributed by atoms with E-state index in [1.54, 1.807) is 18.4 Å². The maximum atomic E-state index is 14.0. The lowest BCUT2D eigenvalue weighted by Crippen LogP contribution is -2.21. The molecule has 0 aliphatic heterocycles. The number of rotatable bonds is 4. The first-order valence-corrected chi connectivity index (χ1v) is 8.03. The fraction of sp³-hybridized carbons (Fsp3) is 0.0952. The van der Waals surface area contributed by atoms with E-state index in [-0.39, 0.29) is 5.56 Å². The number of nitrogens with one attached hydrogen (secondary N) is 1. The van der Waals surface area contributed by atoms with E-state index < -0.39 is 11.6 Å². The predicted octanol–water partition coefficient (Wildman–Crippen LogP) is 3.81. The van der Waals surface area contributed by atoms with E-state index in [4.69, 9.17) is 0 Å². The van der Waals surface area contributed by atoms with E-state index in [1.807, 2.05) is 43.3 Å². The van der Waals surface area contributed by atoms with Crippen LogP contribution in [0.1, 0.15) is 12.5 Å². The zero-order valence-electron chi connectivity index (χ0n) is 13.8. The van der Waals surface area contributed by atoms with Gasteiger partial charge in [0.25, 0.3) is 0 Å². The lowest BCUT2D eigenvalue weighted by atomic mass is 10.1. The molecule has 1 N–H and O–H groups in total. The van der Waals surface area contributed by atoms with Crippen LogP contribution in [-0.2, 0) is 6.54 Å². The van der Waals surface area contributed by atoms with Crippen molar-refractivity contribution in [2.24, 2.45) is 4.99 Å². The van der Waals surface area contributed by atoms with Gasteiger partial charge in [-0.1, -0.05) is 42.5 Å². The zero-order valence-corrected chi connectivity index (χ0v) is 13.8. The van der Waals surface area contributed by atoms with E-state index in [0.29, 0.717) is 12.2 Å². The van der Waals surface area contributed by atoms with Gasteiger partial charge in [0.05, 0.1) is 17.8 Å². The first kappa shape index (κ1) is 16.8. The summed E-state index contributed by atoms with van der Waals surface area (Å²) < 4.78 is 27.9. The molecule has 0 aliphatic carbocycles. The average molecular weight is 336 g/mol. The Bertz CT molecular complexity index is 982. The number of aromatic amines is 1. The molecule has 0 amide bonds. The highest BCUT2D eigenvalue weighted by atomic mass is 19.1. The molecule has 0 radical (unpaired) electrons. The third-order valence-electron chi connectivity index (χ3n) is 3.89. The van der Waals surface area contributed by atoms with Crippen LogP contribution < -0.4 is 10.6 Å². The molecule has 25 heavy (non-hydrogen) atoms. The molecule has 2 aromatic carbocycles. The highest BCUT2D eigenvalue weighted by Gasteiger charge is 2.12. The van der Waals surface area contributed by atoms with Crippen LogP contribution in [0.3, 0.4) is 0 Å². The van der Waals surface area contributed by atoms with Crippen molar-refractivity contribution < 1.29 is 8.78 Å². The third-order valence-corrected chi connectivity index (χ3v) is 3.89.